The SMILES string of the molecule is O=C(O)C1CN(Cc2ccccc2)CC1CO. The summed E-state index contributed by atoms with van der Waals surface area (Å²) < 4.78 is 0. The van der Waals surface area contributed by atoms with Gasteiger partial charge < -0.3 is 10.2 Å². The lowest BCUT2D eigenvalue weighted by Crippen LogP contribution is -2.24. The summed E-state index contributed by atoms with van der Waals surface area (Å²) >= 11 is 0. The summed E-state index contributed by atoms with van der Waals surface area (Å²) in [7, 11) is 0. The molecule has 0 radical (unpaired) electrons. The number of carbonyl (C=O) groups is 1. The van der Waals surface area contributed by atoms with Gasteiger partial charge in [-0.25, -0.2) is 0 Å². The lowest BCUT2D eigenvalue weighted by atomic mass is 9.97. The molecule has 1 aromatic carbocycles. The summed E-state index contributed by atoms with van der Waals surface area (Å²) in [6.07, 6.45) is 0. The normalized spacial score (nSPS) is 25.0. The number of carboxylic acids is 1. The fourth-order valence-electron chi connectivity index (χ4n) is 2.40. The topological polar surface area (TPSA) is 60.8 Å². The smallest absolute Gasteiger partial charge is 0.308 e. The molecule has 0 aliphatic carbocycles. The van der Waals surface area contributed by atoms with Crippen LogP contribution in [0.25, 0.3) is 0 Å². The first-order chi connectivity index (χ1) is 8.20. The van der Waals surface area contributed by atoms with Crippen molar-refractivity contribution in [3.05, 3.63) is 35.9 Å². The van der Waals surface area contributed by atoms with Crippen LogP contribution in [0, 0.1) is 11.8 Å². The number of likely N-dealkylation sites (tertiary alicyclic amines) is 1. The van der Waals surface area contributed by atoms with E-state index in [9.17, 15) is 9.90 Å². The summed E-state index contributed by atoms with van der Waals surface area (Å²) in [5, 5.41) is 18.2. The molecule has 0 spiro atoms. The first-order valence-corrected chi connectivity index (χ1v) is 5.80. The Morgan fingerprint density at radius 1 is 1.29 bits per heavy atom. The Morgan fingerprint density at radius 2 is 2.00 bits per heavy atom. The minimum absolute atomic E-state index is 0.0533. The van der Waals surface area contributed by atoms with Crippen molar-refractivity contribution < 1.29 is 15.0 Å². The second-order valence-corrected chi connectivity index (χ2v) is 4.57. The van der Waals surface area contributed by atoms with E-state index in [0.717, 1.165) is 6.54 Å². The maximum absolute atomic E-state index is 11.0. The standard InChI is InChI=1S/C13H17NO3/c15-9-11-7-14(8-12(11)13(16)17)6-10-4-2-1-3-5-10/h1-5,11-12,15H,6-9H2,(H,16,17). The molecule has 2 rings (SSSR count). The number of aliphatic hydroxyl groups is 1. The Hall–Kier alpha value is -1.39. The van der Waals surface area contributed by atoms with E-state index < -0.39 is 11.9 Å². The van der Waals surface area contributed by atoms with Gasteiger partial charge in [0, 0.05) is 32.2 Å². The Morgan fingerprint density at radius 3 is 2.53 bits per heavy atom. The fourth-order valence-corrected chi connectivity index (χ4v) is 2.40. The number of rotatable bonds is 4. The lowest BCUT2D eigenvalue weighted by molar-refractivity contribution is -0.143. The molecule has 2 atom stereocenters. The number of benzene rings is 1. The average Bonchev–Trinajstić information content (AvgIpc) is 2.73. The van der Waals surface area contributed by atoms with Crippen LogP contribution in [0.2, 0.25) is 0 Å². The van der Waals surface area contributed by atoms with Crippen LogP contribution in [0.5, 0.6) is 0 Å². The predicted molar refractivity (Wildman–Crippen MR) is 63.4 cm³/mol. The lowest BCUT2D eigenvalue weighted by Gasteiger charge is -2.15. The first-order valence-electron chi connectivity index (χ1n) is 5.80. The highest BCUT2D eigenvalue weighted by Crippen LogP contribution is 2.24. The molecule has 2 unspecified atom stereocenters. The van der Waals surface area contributed by atoms with Crippen LogP contribution in [0.3, 0.4) is 0 Å². The van der Waals surface area contributed by atoms with Crippen LogP contribution in [0.1, 0.15) is 5.56 Å². The Labute approximate surface area is 100 Å². The number of aliphatic hydroxyl groups excluding tert-OH is 1. The van der Waals surface area contributed by atoms with Gasteiger partial charge in [-0.15, -0.1) is 0 Å². The van der Waals surface area contributed by atoms with Gasteiger partial charge in [0.25, 0.3) is 0 Å². The monoisotopic (exact) mass is 235 g/mol. The highest BCUT2D eigenvalue weighted by Gasteiger charge is 2.36. The number of hydrogen-bond acceptors (Lipinski definition) is 3. The number of hydrogen-bond donors (Lipinski definition) is 2. The quantitative estimate of drug-likeness (QED) is 0.811. The Kier molecular flexibility index (Phi) is 3.76. The van der Waals surface area contributed by atoms with Crippen LogP contribution in [0.4, 0.5) is 0 Å². The van der Waals surface area contributed by atoms with E-state index in [-0.39, 0.29) is 12.5 Å². The van der Waals surface area contributed by atoms with E-state index in [4.69, 9.17) is 5.11 Å². The van der Waals surface area contributed by atoms with Crippen LogP contribution < -0.4 is 0 Å². The van der Waals surface area contributed by atoms with Crippen molar-refractivity contribution in [3.8, 4) is 0 Å². The van der Waals surface area contributed by atoms with Crippen LogP contribution in [-0.2, 0) is 11.3 Å². The third kappa shape index (κ3) is 2.84. The minimum atomic E-state index is -0.806. The van der Waals surface area contributed by atoms with Crippen molar-refractivity contribution in [1.82, 2.24) is 4.90 Å². The van der Waals surface area contributed by atoms with E-state index in [1.54, 1.807) is 0 Å². The van der Waals surface area contributed by atoms with E-state index in [1.807, 2.05) is 30.3 Å². The summed E-state index contributed by atoms with van der Waals surface area (Å²) in [6.45, 7) is 1.88. The highest BCUT2D eigenvalue weighted by molar-refractivity contribution is 5.71. The maximum Gasteiger partial charge on any atom is 0.308 e. The van der Waals surface area contributed by atoms with Gasteiger partial charge in [0.15, 0.2) is 0 Å². The molecule has 1 aliphatic rings. The molecule has 1 fully saturated rings. The van der Waals surface area contributed by atoms with Gasteiger partial charge in [0.05, 0.1) is 5.92 Å². The molecule has 92 valence electrons. The van der Waals surface area contributed by atoms with Crippen molar-refractivity contribution in [2.75, 3.05) is 19.7 Å². The number of carboxylic acid groups (broad SMARTS) is 1. The van der Waals surface area contributed by atoms with Gasteiger partial charge in [0.2, 0.25) is 0 Å². The van der Waals surface area contributed by atoms with Gasteiger partial charge >= 0.3 is 5.97 Å². The molecule has 1 heterocycles. The third-order valence-electron chi connectivity index (χ3n) is 3.32. The average molecular weight is 235 g/mol. The molecule has 0 amide bonds. The van der Waals surface area contributed by atoms with E-state index in [2.05, 4.69) is 4.90 Å². The molecule has 0 aromatic heterocycles. The largest absolute Gasteiger partial charge is 0.481 e. The molecule has 0 saturated carbocycles. The van der Waals surface area contributed by atoms with Gasteiger partial charge in [-0.2, -0.15) is 0 Å². The van der Waals surface area contributed by atoms with Crippen LogP contribution >= 0.6 is 0 Å². The molecule has 0 bridgehead atoms. The van der Waals surface area contributed by atoms with Crippen LogP contribution in [-0.4, -0.2) is 40.8 Å². The van der Waals surface area contributed by atoms with Crippen molar-refractivity contribution in [2.24, 2.45) is 11.8 Å². The van der Waals surface area contributed by atoms with Gasteiger partial charge in [-0.05, 0) is 5.56 Å². The van der Waals surface area contributed by atoms with E-state index in [1.165, 1.54) is 5.56 Å². The Balaban J connectivity index is 1.99. The molecular weight excluding hydrogens is 218 g/mol. The third-order valence-corrected chi connectivity index (χ3v) is 3.32. The zero-order valence-electron chi connectivity index (χ0n) is 9.62. The Bertz CT molecular complexity index is 380. The number of nitrogens with zero attached hydrogens (tertiary/aromatic N) is 1. The molecule has 4 heteroatoms. The number of aliphatic carboxylic acids is 1. The summed E-state index contributed by atoms with van der Waals surface area (Å²) in [4.78, 5) is 13.1. The van der Waals surface area contributed by atoms with Crippen molar-refractivity contribution >= 4 is 5.97 Å². The molecule has 1 saturated heterocycles. The predicted octanol–water partition coefficient (Wildman–Crippen LogP) is 0.812. The fraction of sp³-hybridized carbons (Fsp3) is 0.462. The van der Waals surface area contributed by atoms with E-state index >= 15 is 0 Å². The molecule has 1 aliphatic heterocycles. The zero-order valence-corrected chi connectivity index (χ0v) is 9.62. The van der Waals surface area contributed by atoms with Crippen molar-refractivity contribution in [3.63, 3.8) is 0 Å². The second-order valence-electron chi connectivity index (χ2n) is 4.57. The molecule has 17 heavy (non-hydrogen) atoms. The van der Waals surface area contributed by atoms with Crippen molar-refractivity contribution in [2.45, 2.75) is 6.54 Å². The minimum Gasteiger partial charge on any atom is -0.481 e. The molecule has 4 nitrogen and oxygen atoms in total. The second kappa shape index (κ2) is 5.29. The molecule has 2 N–H and O–H groups in total. The zero-order chi connectivity index (χ0) is 12.3. The van der Waals surface area contributed by atoms with Gasteiger partial charge in [-0.3, -0.25) is 9.69 Å². The summed E-state index contributed by atoms with van der Waals surface area (Å²) in [6, 6.07) is 9.97. The summed E-state index contributed by atoms with van der Waals surface area (Å²) in [5.41, 5.74) is 1.18. The highest BCUT2D eigenvalue weighted by atomic mass is 16.4. The summed E-state index contributed by atoms with van der Waals surface area (Å²) in [5.74, 6) is -1.39. The van der Waals surface area contributed by atoms with Gasteiger partial charge in [0.1, 0.15) is 0 Å². The molecule has 1 aromatic rings. The first kappa shape index (κ1) is 12.1. The van der Waals surface area contributed by atoms with Crippen LogP contribution in [0.15, 0.2) is 30.3 Å². The van der Waals surface area contributed by atoms with Gasteiger partial charge in [-0.1, -0.05) is 30.3 Å². The molecular formula is C13H17NO3. The van der Waals surface area contributed by atoms with E-state index in [0.29, 0.717) is 13.1 Å². The maximum atomic E-state index is 11.0. The van der Waals surface area contributed by atoms with Crippen molar-refractivity contribution in [1.29, 1.82) is 0 Å².